The molecule has 2 aromatic heterocycles. The topological polar surface area (TPSA) is 72.4 Å². The Morgan fingerprint density at radius 3 is 2.84 bits per heavy atom. The maximum Gasteiger partial charge on any atom is 0.239 e. The minimum atomic E-state index is -0.536. The molecule has 2 aromatic rings. The van der Waals surface area contributed by atoms with E-state index in [1.54, 1.807) is 36.5 Å². The zero-order valence-corrected chi connectivity index (χ0v) is 10.8. The second-order valence-electron chi connectivity index (χ2n) is 4.42. The number of carbonyl (C=O) groups is 1. The Bertz CT molecular complexity index is 509. The van der Waals surface area contributed by atoms with Gasteiger partial charge in [0.2, 0.25) is 5.91 Å². The van der Waals surface area contributed by atoms with Crippen LogP contribution in [0.1, 0.15) is 18.2 Å². The molecule has 1 unspecified atom stereocenters. The number of pyridine rings is 1. The molecule has 5 nitrogen and oxygen atoms in total. The van der Waals surface area contributed by atoms with Gasteiger partial charge in [-0.1, -0.05) is 6.07 Å². The van der Waals surface area contributed by atoms with Crippen molar-refractivity contribution < 1.29 is 9.21 Å². The second kappa shape index (κ2) is 6.15. The molecule has 0 saturated heterocycles. The summed E-state index contributed by atoms with van der Waals surface area (Å²) < 4.78 is 5.28. The molecule has 2 rings (SSSR count). The van der Waals surface area contributed by atoms with Crippen LogP contribution < -0.4 is 5.73 Å². The molecule has 1 atom stereocenters. The summed E-state index contributed by atoms with van der Waals surface area (Å²) >= 11 is 0. The van der Waals surface area contributed by atoms with E-state index in [2.05, 4.69) is 4.98 Å². The molecule has 0 aliphatic carbocycles. The third-order valence-electron chi connectivity index (χ3n) is 2.72. The molecule has 100 valence electrons. The van der Waals surface area contributed by atoms with Crippen LogP contribution in [0.5, 0.6) is 0 Å². The molecule has 0 radical (unpaired) electrons. The predicted octanol–water partition coefficient (Wildman–Crippen LogP) is 1.55. The predicted molar refractivity (Wildman–Crippen MR) is 70.8 cm³/mol. The highest BCUT2D eigenvalue weighted by Crippen LogP contribution is 2.11. The molecule has 0 aromatic carbocycles. The quantitative estimate of drug-likeness (QED) is 0.884. The van der Waals surface area contributed by atoms with Crippen molar-refractivity contribution in [2.24, 2.45) is 5.73 Å². The van der Waals surface area contributed by atoms with E-state index in [0.717, 1.165) is 11.3 Å². The van der Waals surface area contributed by atoms with E-state index in [0.29, 0.717) is 13.1 Å². The van der Waals surface area contributed by atoms with Crippen molar-refractivity contribution in [2.45, 2.75) is 26.1 Å². The van der Waals surface area contributed by atoms with Gasteiger partial charge in [0, 0.05) is 18.9 Å². The highest BCUT2D eigenvalue weighted by atomic mass is 16.3. The molecule has 0 aliphatic rings. The third-order valence-corrected chi connectivity index (χ3v) is 2.72. The molecule has 0 bridgehead atoms. The number of aromatic nitrogens is 1. The Hall–Kier alpha value is -2.14. The van der Waals surface area contributed by atoms with Crippen molar-refractivity contribution in [1.82, 2.24) is 9.88 Å². The Balaban J connectivity index is 2.12. The fourth-order valence-corrected chi connectivity index (χ4v) is 1.80. The average Bonchev–Trinajstić information content (AvgIpc) is 2.91. The molecule has 0 spiro atoms. The van der Waals surface area contributed by atoms with Gasteiger partial charge in [-0.15, -0.1) is 0 Å². The van der Waals surface area contributed by atoms with Gasteiger partial charge in [-0.25, -0.2) is 0 Å². The van der Waals surface area contributed by atoms with E-state index in [4.69, 9.17) is 10.2 Å². The number of hydrogen-bond acceptors (Lipinski definition) is 4. The minimum absolute atomic E-state index is 0.111. The lowest BCUT2D eigenvalue weighted by Crippen LogP contribution is -2.41. The third kappa shape index (κ3) is 3.66. The fourth-order valence-electron chi connectivity index (χ4n) is 1.80. The Morgan fingerprint density at radius 2 is 2.26 bits per heavy atom. The molecular weight excluding hydrogens is 242 g/mol. The molecule has 0 fully saturated rings. The van der Waals surface area contributed by atoms with Crippen molar-refractivity contribution in [3.63, 3.8) is 0 Å². The first-order chi connectivity index (χ1) is 9.16. The van der Waals surface area contributed by atoms with E-state index in [1.807, 2.05) is 18.2 Å². The maximum atomic E-state index is 12.1. The molecule has 2 heterocycles. The van der Waals surface area contributed by atoms with Gasteiger partial charge in [-0.2, -0.15) is 0 Å². The first-order valence-corrected chi connectivity index (χ1v) is 6.12. The molecular formula is C14H17N3O2. The number of rotatable bonds is 5. The van der Waals surface area contributed by atoms with Crippen molar-refractivity contribution in [3.8, 4) is 0 Å². The van der Waals surface area contributed by atoms with Gasteiger partial charge >= 0.3 is 0 Å². The van der Waals surface area contributed by atoms with Crippen LogP contribution in [0, 0.1) is 0 Å². The minimum Gasteiger partial charge on any atom is -0.467 e. The zero-order chi connectivity index (χ0) is 13.7. The number of amides is 1. The number of furan rings is 1. The number of nitrogens with zero attached hydrogens (tertiary/aromatic N) is 2. The van der Waals surface area contributed by atoms with Gasteiger partial charge in [0.1, 0.15) is 5.76 Å². The van der Waals surface area contributed by atoms with E-state index >= 15 is 0 Å². The Morgan fingerprint density at radius 1 is 1.42 bits per heavy atom. The van der Waals surface area contributed by atoms with Crippen LogP contribution in [-0.2, 0) is 17.9 Å². The van der Waals surface area contributed by atoms with Crippen molar-refractivity contribution in [2.75, 3.05) is 0 Å². The van der Waals surface area contributed by atoms with Crippen LogP contribution in [0.4, 0.5) is 0 Å². The van der Waals surface area contributed by atoms with Crippen molar-refractivity contribution in [3.05, 3.63) is 54.2 Å². The lowest BCUT2D eigenvalue weighted by atomic mass is 10.2. The molecule has 5 heteroatoms. The van der Waals surface area contributed by atoms with E-state index in [9.17, 15) is 4.79 Å². The van der Waals surface area contributed by atoms with E-state index in [1.165, 1.54) is 0 Å². The smallest absolute Gasteiger partial charge is 0.239 e. The summed E-state index contributed by atoms with van der Waals surface area (Å²) in [5.41, 5.74) is 6.64. The summed E-state index contributed by atoms with van der Waals surface area (Å²) in [6.07, 6.45) is 5.03. The van der Waals surface area contributed by atoms with Crippen molar-refractivity contribution >= 4 is 5.91 Å². The average molecular weight is 259 g/mol. The molecule has 0 saturated carbocycles. The monoisotopic (exact) mass is 259 g/mol. The van der Waals surface area contributed by atoms with Gasteiger partial charge in [-0.3, -0.25) is 9.78 Å². The van der Waals surface area contributed by atoms with E-state index in [-0.39, 0.29) is 5.91 Å². The normalized spacial score (nSPS) is 12.1. The number of carbonyl (C=O) groups excluding carboxylic acids is 1. The first kappa shape index (κ1) is 13.3. The zero-order valence-electron chi connectivity index (χ0n) is 10.8. The SMILES string of the molecule is CC(N)C(=O)N(Cc1cccnc1)Cc1ccco1. The van der Waals surface area contributed by atoms with Gasteiger partial charge in [-0.05, 0) is 30.7 Å². The van der Waals surface area contributed by atoms with Gasteiger partial charge in [0.05, 0.1) is 18.8 Å². The molecule has 1 amide bonds. The summed E-state index contributed by atoms with van der Waals surface area (Å²) in [7, 11) is 0. The highest BCUT2D eigenvalue weighted by Gasteiger charge is 2.19. The van der Waals surface area contributed by atoms with E-state index < -0.39 is 6.04 Å². The van der Waals surface area contributed by atoms with Crippen LogP contribution in [0.2, 0.25) is 0 Å². The summed E-state index contributed by atoms with van der Waals surface area (Å²) in [5.74, 6) is 0.623. The summed E-state index contributed by atoms with van der Waals surface area (Å²) in [6, 6.07) is 6.87. The highest BCUT2D eigenvalue weighted by molar-refractivity contribution is 5.81. The number of nitrogens with two attached hydrogens (primary N) is 1. The standard InChI is InChI=1S/C14H17N3O2/c1-11(15)14(18)17(10-13-5-3-7-19-13)9-12-4-2-6-16-8-12/h2-8,11H,9-10,15H2,1H3. The second-order valence-corrected chi connectivity index (χ2v) is 4.42. The maximum absolute atomic E-state index is 12.1. The van der Waals surface area contributed by atoms with Crippen LogP contribution in [0.25, 0.3) is 0 Å². The largest absolute Gasteiger partial charge is 0.467 e. The summed E-state index contributed by atoms with van der Waals surface area (Å²) in [4.78, 5) is 17.8. The molecule has 0 aliphatic heterocycles. The van der Waals surface area contributed by atoms with Gasteiger partial charge in [0.25, 0.3) is 0 Å². The lowest BCUT2D eigenvalue weighted by molar-refractivity contribution is -0.133. The first-order valence-electron chi connectivity index (χ1n) is 6.12. The fraction of sp³-hybridized carbons (Fsp3) is 0.286. The Kier molecular flexibility index (Phi) is 4.30. The van der Waals surface area contributed by atoms with Crippen LogP contribution in [0.15, 0.2) is 47.3 Å². The summed E-state index contributed by atoms with van der Waals surface area (Å²) in [6.45, 7) is 2.55. The van der Waals surface area contributed by atoms with Gasteiger partial charge < -0.3 is 15.1 Å². The van der Waals surface area contributed by atoms with Crippen LogP contribution >= 0.6 is 0 Å². The lowest BCUT2D eigenvalue weighted by Gasteiger charge is -2.23. The van der Waals surface area contributed by atoms with Gasteiger partial charge in [0.15, 0.2) is 0 Å². The molecule has 2 N–H and O–H groups in total. The Labute approximate surface area is 112 Å². The number of hydrogen-bond donors (Lipinski definition) is 1. The van der Waals surface area contributed by atoms with Crippen LogP contribution in [-0.4, -0.2) is 21.8 Å². The molecule has 19 heavy (non-hydrogen) atoms. The van der Waals surface area contributed by atoms with Crippen molar-refractivity contribution in [1.29, 1.82) is 0 Å². The summed E-state index contributed by atoms with van der Waals surface area (Å²) in [5, 5.41) is 0. The van der Waals surface area contributed by atoms with Crippen LogP contribution in [0.3, 0.4) is 0 Å².